The molecule has 3 aromatic rings. The predicted molar refractivity (Wildman–Crippen MR) is 114 cm³/mol. The number of ether oxygens (including phenoxy) is 1. The summed E-state index contributed by atoms with van der Waals surface area (Å²) in [7, 11) is -0.875. The van der Waals surface area contributed by atoms with Gasteiger partial charge >= 0.3 is 0 Å². The van der Waals surface area contributed by atoms with E-state index in [0.717, 1.165) is 9.69 Å². The Kier molecular flexibility index (Phi) is 6.09. The number of rotatable bonds is 7. The van der Waals surface area contributed by atoms with Crippen molar-refractivity contribution >= 4 is 32.7 Å². The maximum atomic E-state index is 12.7. The van der Waals surface area contributed by atoms with Gasteiger partial charge in [-0.3, -0.25) is 4.79 Å². The Hall–Kier alpha value is -2.98. The van der Waals surface area contributed by atoms with Crippen LogP contribution in [0.5, 0.6) is 5.75 Å². The lowest BCUT2D eigenvalue weighted by atomic mass is 10.2. The van der Waals surface area contributed by atoms with Crippen LogP contribution < -0.4 is 10.1 Å². The number of hydrogen-bond acceptors (Lipinski definition) is 6. The van der Waals surface area contributed by atoms with Crippen LogP contribution in [0.3, 0.4) is 0 Å². The van der Waals surface area contributed by atoms with E-state index in [4.69, 9.17) is 4.74 Å². The molecule has 0 unspecified atom stereocenters. The standard InChI is InChI=1S/C20H25N5O4S/c1-6-29-17-8-7-16(10-18(17)30(27,28)24(4)5)23-20(26)15-9-14-12-22-25(13(2)3)19(14)21-11-15/h7-13H,6H2,1-5H3,(H,23,26). The summed E-state index contributed by atoms with van der Waals surface area (Å²) in [4.78, 5) is 17.1. The molecule has 0 aliphatic carbocycles. The Morgan fingerprint density at radius 3 is 2.60 bits per heavy atom. The zero-order valence-corrected chi connectivity index (χ0v) is 18.4. The molecule has 2 heterocycles. The summed E-state index contributed by atoms with van der Waals surface area (Å²) in [6, 6.07) is 6.37. The van der Waals surface area contributed by atoms with Crippen molar-refractivity contribution in [2.75, 3.05) is 26.0 Å². The summed E-state index contributed by atoms with van der Waals surface area (Å²) in [5, 5.41) is 7.78. The molecule has 0 radical (unpaired) electrons. The summed E-state index contributed by atoms with van der Waals surface area (Å²) in [5.74, 6) is -0.174. The quantitative estimate of drug-likeness (QED) is 0.616. The number of benzene rings is 1. The molecule has 0 saturated heterocycles. The number of hydrogen-bond donors (Lipinski definition) is 1. The minimum Gasteiger partial charge on any atom is -0.492 e. The Morgan fingerprint density at radius 1 is 1.23 bits per heavy atom. The molecule has 2 aromatic heterocycles. The third kappa shape index (κ3) is 4.14. The average Bonchev–Trinajstić information content (AvgIpc) is 3.12. The first-order valence-corrected chi connectivity index (χ1v) is 10.9. The minimum absolute atomic E-state index is 0.0149. The van der Waals surface area contributed by atoms with Crippen molar-refractivity contribution in [3.8, 4) is 5.75 Å². The van der Waals surface area contributed by atoms with Gasteiger partial charge in [0.2, 0.25) is 10.0 Å². The van der Waals surface area contributed by atoms with Crippen LogP contribution in [0.2, 0.25) is 0 Å². The van der Waals surface area contributed by atoms with Gasteiger partial charge in [-0.2, -0.15) is 5.10 Å². The summed E-state index contributed by atoms with van der Waals surface area (Å²) >= 11 is 0. The topological polar surface area (TPSA) is 106 Å². The zero-order valence-electron chi connectivity index (χ0n) is 17.6. The Labute approximate surface area is 175 Å². The molecule has 1 amide bonds. The van der Waals surface area contributed by atoms with Gasteiger partial charge in [0, 0.05) is 37.4 Å². The highest BCUT2D eigenvalue weighted by molar-refractivity contribution is 7.89. The van der Waals surface area contributed by atoms with E-state index in [2.05, 4.69) is 15.4 Å². The number of carbonyl (C=O) groups excluding carboxylic acids is 1. The fraction of sp³-hybridized carbons (Fsp3) is 0.350. The number of aromatic nitrogens is 3. The van der Waals surface area contributed by atoms with Gasteiger partial charge in [0.25, 0.3) is 5.91 Å². The Balaban J connectivity index is 1.92. The molecule has 0 spiro atoms. The monoisotopic (exact) mass is 431 g/mol. The van der Waals surface area contributed by atoms with Gasteiger partial charge in [-0.25, -0.2) is 22.4 Å². The molecular weight excluding hydrogens is 406 g/mol. The fourth-order valence-corrected chi connectivity index (χ4v) is 3.95. The second-order valence-corrected chi connectivity index (χ2v) is 9.28. The second-order valence-electron chi connectivity index (χ2n) is 7.16. The van der Waals surface area contributed by atoms with E-state index in [1.807, 2.05) is 13.8 Å². The third-order valence-electron chi connectivity index (χ3n) is 4.44. The number of anilines is 1. The zero-order chi connectivity index (χ0) is 22.1. The van der Waals surface area contributed by atoms with E-state index < -0.39 is 15.9 Å². The fourth-order valence-electron chi connectivity index (χ4n) is 2.90. The molecule has 0 saturated carbocycles. The summed E-state index contributed by atoms with van der Waals surface area (Å²) < 4.78 is 33.6. The molecule has 0 fully saturated rings. The maximum Gasteiger partial charge on any atom is 0.257 e. The molecule has 0 atom stereocenters. The molecule has 0 aliphatic rings. The highest BCUT2D eigenvalue weighted by atomic mass is 32.2. The van der Waals surface area contributed by atoms with E-state index in [1.54, 1.807) is 29.9 Å². The van der Waals surface area contributed by atoms with E-state index in [1.165, 1.54) is 32.4 Å². The van der Waals surface area contributed by atoms with Crippen LogP contribution in [0.4, 0.5) is 5.69 Å². The van der Waals surface area contributed by atoms with Crippen LogP contribution in [-0.2, 0) is 10.0 Å². The van der Waals surface area contributed by atoms with Gasteiger partial charge < -0.3 is 10.1 Å². The summed E-state index contributed by atoms with van der Waals surface area (Å²) in [6.07, 6.45) is 3.14. The van der Waals surface area contributed by atoms with Gasteiger partial charge in [-0.05, 0) is 45.0 Å². The molecule has 9 nitrogen and oxygen atoms in total. The molecule has 10 heteroatoms. The summed E-state index contributed by atoms with van der Waals surface area (Å²) in [5.41, 5.74) is 1.38. The lowest BCUT2D eigenvalue weighted by molar-refractivity contribution is 0.102. The number of nitrogens with one attached hydrogen (secondary N) is 1. The largest absolute Gasteiger partial charge is 0.492 e. The first kappa shape index (κ1) is 21.7. The van der Waals surface area contributed by atoms with Gasteiger partial charge in [0.1, 0.15) is 10.6 Å². The van der Waals surface area contributed by atoms with Gasteiger partial charge in [0.15, 0.2) is 5.65 Å². The smallest absolute Gasteiger partial charge is 0.257 e. The van der Waals surface area contributed by atoms with Crippen molar-refractivity contribution in [3.05, 3.63) is 42.2 Å². The lowest BCUT2D eigenvalue weighted by Crippen LogP contribution is -2.23. The van der Waals surface area contributed by atoms with E-state index in [-0.39, 0.29) is 16.7 Å². The molecule has 1 aromatic carbocycles. The highest BCUT2D eigenvalue weighted by Gasteiger charge is 2.23. The molecular formula is C20H25N5O4S. The first-order valence-electron chi connectivity index (χ1n) is 9.49. The number of pyridine rings is 1. The maximum absolute atomic E-state index is 12.7. The van der Waals surface area contributed by atoms with E-state index in [9.17, 15) is 13.2 Å². The van der Waals surface area contributed by atoms with Gasteiger partial charge in [-0.1, -0.05) is 0 Å². The van der Waals surface area contributed by atoms with Crippen LogP contribution in [0.1, 0.15) is 37.2 Å². The predicted octanol–water partition coefficient (Wildman–Crippen LogP) is 2.91. The molecule has 30 heavy (non-hydrogen) atoms. The van der Waals surface area contributed by atoms with E-state index in [0.29, 0.717) is 23.5 Å². The summed E-state index contributed by atoms with van der Waals surface area (Å²) in [6.45, 7) is 6.09. The lowest BCUT2D eigenvalue weighted by Gasteiger charge is -2.16. The van der Waals surface area contributed by atoms with Crippen molar-refractivity contribution in [1.29, 1.82) is 0 Å². The van der Waals surface area contributed by atoms with Crippen LogP contribution in [0.15, 0.2) is 41.6 Å². The van der Waals surface area contributed by atoms with Crippen molar-refractivity contribution in [1.82, 2.24) is 19.1 Å². The van der Waals surface area contributed by atoms with Crippen LogP contribution in [0.25, 0.3) is 11.0 Å². The Morgan fingerprint density at radius 2 is 1.97 bits per heavy atom. The van der Waals surface area contributed by atoms with Crippen molar-refractivity contribution < 1.29 is 17.9 Å². The van der Waals surface area contributed by atoms with Crippen LogP contribution >= 0.6 is 0 Å². The van der Waals surface area contributed by atoms with Crippen molar-refractivity contribution in [2.24, 2.45) is 0 Å². The average molecular weight is 432 g/mol. The van der Waals surface area contributed by atoms with E-state index >= 15 is 0 Å². The number of amides is 1. The Bertz CT molecular complexity index is 1190. The van der Waals surface area contributed by atoms with Crippen molar-refractivity contribution in [2.45, 2.75) is 31.7 Å². The second kappa shape index (κ2) is 8.41. The number of nitrogens with zero attached hydrogens (tertiary/aromatic N) is 4. The molecule has 0 bridgehead atoms. The number of carbonyl (C=O) groups is 1. The molecule has 0 aliphatic heterocycles. The molecule has 1 N–H and O–H groups in total. The van der Waals surface area contributed by atoms with Crippen molar-refractivity contribution in [3.63, 3.8) is 0 Å². The number of fused-ring (bicyclic) bond motifs is 1. The number of sulfonamides is 1. The first-order chi connectivity index (χ1) is 14.1. The van der Waals surface area contributed by atoms with Crippen LogP contribution in [-0.4, -0.2) is 54.1 Å². The third-order valence-corrected chi connectivity index (χ3v) is 6.28. The minimum atomic E-state index is -3.75. The normalized spacial score (nSPS) is 12.0. The highest BCUT2D eigenvalue weighted by Crippen LogP contribution is 2.29. The molecule has 160 valence electrons. The SMILES string of the molecule is CCOc1ccc(NC(=O)c2cnc3c(cnn3C(C)C)c2)cc1S(=O)(=O)N(C)C. The van der Waals surface area contributed by atoms with Crippen LogP contribution in [0, 0.1) is 0 Å². The van der Waals surface area contributed by atoms with Gasteiger partial charge in [-0.15, -0.1) is 0 Å². The van der Waals surface area contributed by atoms with Gasteiger partial charge in [0.05, 0.1) is 18.4 Å². The molecule has 3 rings (SSSR count).